The Bertz CT molecular complexity index is 349. The number of anilines is 1. The standard InChI is InChI=1S/C13H17NS/c1-11(15-3)5-4-6-12-7-9-13(14-2)10-8-12/h4-10,14H,1-3H3/b6-4+,11-5-. The molecule has 0 amide bonds. The summed E-state index contributed by atoms with van der Waals surface area (Å²) in [5.74, 6) is 0. The van der Waals surface area contributed by atoms with Crippen LogP contribution in [0.3, 0.4) is 0 Å². The molecule has 0 unspecified atom stereocenters. The van der Waals surface area contributed by atoms with Gasteiger partial charge in [-0.05, 0) is 35.8 Å². The topological polar surface area (TPSA) is 12.0 Å². The summed E-state index contributed by atoms with van der Waals surface area (Å²) in [6, 6.07) is 8.35. The van der Waals surface area contributed by atoms with Gasteiger partial charge in [0, 0.05) is 12.7 Å². The van der Waals surface area contributed by atoms with Gasteiger partial charge in [-0.25, -0.2) is 0 Å². The molecule has 0 aliphatic heterocycles. The van der Waals surface area contributed by atoms with E-state index in [0.29, 0.717) is 0 Å². The molecule has 0 aliphatic carbocycles. The lowest BCUT2D eigenvalue weighted by Gasteiger charge is -1.99. The second-order valence-corrected chi connectivity index (χ2v) is 4.26. The Morgan fingerprint density at radius 3 is 2.47 bits per heavy atom. The van der Waals surface area contributed by atoms with Gasteiger partial charge in [-0.15, -0.1) is 11.8 Å². The summed E-state index contributed by atoms with van der Waals surface area (Å²) in [5.41, 5.74) is 2.36. The van der Waals surface area contributed by atoms with Gasteiger partial charge >= 0.3 is 0 Å². The zero-order valence-corrected chi connectivity index (χ0v) is 10.3. The molecule has 0 aromatic heterocycles. The van der Waals surface area contributed by atoms with E-state index in [2.05, 4.69) is 61.0 Å². The van der Waals surface area contributed by atoms with Crippen molar-refractivity contribution in [2.45, 2.75) is 6.92 Å². The molecule has 0 spiro atoms. The van der Waals surface area contributed by atoms with Gasteiger partial charge < -0.3 is 5.32 Å². The highest BCUT2D eigenvalue weighted by atomic mass is 32.2. The summed E-state index contributed by atoms with van der Waals surface area (Å²) < 4.78 is 0. The quantitative estimate of drug-likeness (QED) is 0.768. The fourth-order valence-electron chi connectivity index (χ4n) is 1.12. The van der Waals surface area contributed by atoms with Crippen molar-refractivity contribution < 1.29 is 0 Å². The highest BCUT2D eigenvalue weighted by Gasteiger charge is 1.87. The molecule has 1 rings (SSSR count). The van der Waals surface area contributed by atoms with Gasteiger partial charge in [0.15, 0.2) is 0 Å². The van der Waals surface area contributed by atoms with Crippen LogP contribution in [0.2, 0.25) is 0 Å². The maximum atomic E-state index is 3.10. The van der Waals surface area contributed by atoms with Crippen LogP contribution in [0.1, 0.15) is 12.5 Å². The average molecular weight is 219 g/mol. The maximum absolute atomic E-state index is 3.10. The minimum absolute atomic E-state index is 1.14. The van der Waals surface area contributed by atoms with Gasteiger partial charge in [-0.3, -0.25) is 0 Å². The lowest BCUT2D eigenvalue weighted by atomic mass is 10.2. The van der Waals surface area contributed by atoms with Crippen LogP contribution in [0.5, 0.6) is 0 Å². The molecule has 0 radical (unpaired) electrons. The van der Waals surface area contributed by atoms with E-state index in [1.807, 2.05) is 7.05 Å². The number of nitrogens with one attached hydrogen (secondary N) is 1. The first kappa shape index (κ1) is 11.9. The van der Waals surface area contributed by atoms with Gasteiger partial charge in [0.25, 0.3) is 0 Å². The van der Waals surface area contributed by atoms with Crippen LogP contribution in [0, 0.1) is 0 Å². The van der Waals surface area contributed by atoms with E-state index in [1.165, 1.54) is 10.5 Å². The predicted octanol–water partition coefficient (Wildman–Crippen LogP) is 4.01. The molecule has 0 heterocycles. The molecular formula is C13H17NS. The largest absolute Gasteiger partial charge is 0.388 e. The van der Waals surface area contributed by atoms with Crippen LogP contribution < -0.4 is 5.32 Å². The zero-order chi connectivity index (χ0) is 11.1. The summed E-state index contributed by atoms with van der Waals surface area (Å²) in [4.78, 5) is 1.32. The highest BCUT2D eigenvalue weighted by molar-refractivity contribution is 8.02. The second-order valence-electron chi connectivity index (χ2n) is 3.21. The molecule has 0 saturated heterocycles. The summed E-state index contributed by atoms with van der Waals surface area (Å²) in [7, 11) is 1.93. The van der Waals surface area contributed by atoms with E-state index in [1.54, 1.807) is 11.8 Å². The van der Waals surface area contributed by atoms with Crippen molar-refractivity contribution in [2.75, 3.05) is 18.6 Å². The first-order valence-electron chi connectivity index (χ1n) is 4.93. The van der Waals surface area contributed by atoms with Crippen molar-refractivity contribution in [3.8, 4) is 0 Å². The third-order valence-electron chi connectivity index (χ3n) is 2.14. The van der Waals surface area contributed by atoms with Gasteiger partial charge in [0.1, 0.15) is 0 Å². The molecule has 0 bridgehead atoms. The van der Waals surface area contributed by atoms with E-state index in [4.69, 9.17) is 0 Å². The van der Waals surface area contributed by atoms with Crippen LogP contribution >= 0.6 is 11.8 Å². The average Bonchev–Trinajstić information content (AvgIpc) is 2.29. The van der Waals surface area contributed by atoms with Crippen LogP contribution in [0.25, 0.3) is 6.08 Å². The molecule has 1 N–H and O–H groups in total. The minimum atomic E-state index is 1.14. The number of benzene rings is 1. The smallest absolute Gasteiger partial charge is 0.0337 e. The molecule has 0 aliphatic rings. The van der Waals surface area contributed by atoms with Gasteiger partial charge in [0.2, 0.25) is 0 Å². The Kier molecular flexibility index (Phi) is 5.05. The molecule has 80 valence electrons. The Hall–Kier alpha value is -1.15. The Balaban J connectivity index is 2.65. The summed E-state index contributed by atoms with van der Waals surface area (Å²) in [5, 5.41) is 3.10. The van der Waals surface area contributed by atoms with Crippen molar-refractivity contribution in [2.24, 2.45) is 0 Å². The van der Waals surface area contributed by atoms with Crippen LogP contribution in [-0.2, 0) is 0 Å². The number of hydrogen-bond donors (Lipinski definition) is 1. The van der Waals surface area contributed by atoms with Crippen molar-refractivity contribution in [1.29, 1.82) is 0 Å². The Labute approximate surface area is 96.3 Å². The van der Waals surface area contributed by atoms with E-state index in [9.17, 15) is 0 Å². The molecule has 0 atom stereocenters. The molecule has 2 heteroatoms. The molecule has 1 aromatic carbocycles. The minimum Gasteiger partial charge on any atom is -0.388 e. The predicted molar refractivity (Wildman–Crippen MR) is 72.3 cm³/mol. The normalized spacial score (nSPS) is 12.1. The monoisotopic (exact) mass is 219 g/mol. The second kappa shape index (κ2) is 6.36. The van der Waals surface area contributed by atoms with Crippen molar-refractivity contribution in [1.82, 2.24) is 0 Å². The van der Waals surface area contributed by atoms with Gasteiger partial charge in [-0.1, -0.05) is 30.4 Å². The molecular weight excluding hydrogens is 202 g/mol. The van der Waals surface area contributed by atoms with Gasteiger partial charge in [0.05, 0.1) is 0 Å². The fourth-order valence-corrected chi connectivity index (χ4v) is 1.34. The van der Waals surface area contributed by atoms with Crippen LogP contribution in [0.4, 0.5) is 5.69 Å². The van der Waals surface area contributed by atoms with Crippen molar-refractivity contribution in [3.05, 3.63) is 46.9 Å². The van der Waals surface area contributed by atoms with Crippen molar-refractivity contribution >= 4 is 23.5 Å². The summed E-state index contributed by atoms with van der Waals surface area (Å²) >= 11 is 1.77. The highest BCUT2D eigenvalue weighted by Crippen LogP contribution is 2.12. The lowest BCUT2D eigenvalue weighted by Crippen LogP contribution is -1.86. The number of thioether (sulfide) groups is 1. The first-order chi connectivity index (χ1) is 7.26. The SMILES string of the molecule is CNc1ccc(/C=C/C=C(/C)SC)cc1. The van der Waals surface area contributed by atoms with E-state index in [-0.39, 0.29) is 0 Å². The lowest BCUT2D eigenvalue weighted by molar-refractivity contribution is 1.50. The summed E-state index contributed by atoms with van der Waals surface area (Å²) in [6.07, 6.45) is 8.40. The van der Waals surface area contributed by atoms with Crippen LogP contribution in [-0.4, -0.2) is 13.3 Å². The van der Waals surface area contributed by atoms with E-state index in [0.717, 1.165) is 5.69 Å². The van der Waals surface area contributed by atoms with Crippen LogP contribution in [0.15, 0.2) is 41.3 Å². The Morgan fingerprint density at radius 2 is 1.93 bits per heavy atom. The summed E-state index contributed by atoms with van der Waals surface area (Å²) in [6.45, 7) is 2.11. The first-order valence-corrected chi connectivity index (χ1v) is 6.15. The van der Waals surface area contributed by atoms with E-state index >= 15 is 0 Å². The molecule has 15 heavy (non-hydrogen) atoms. The third-order valence-corrected chi connectivity index (χ3v) is 2.92. The Morgan fingerprint density at radius 1 is 1.27 bits per heavy atom. The number of allylic oxidation sites excluding steroid dienone is 3. The number of rotatable bonds is 4. The van der Waals surface area contributed by atoms with Gasteiger partial charge in [-0.2, -0.15) is 0 Å². The molecule has 0 fully saturated rings. The number of hydrogen-bond acceptors (Lipinski definition) is 2. The third kappa shape index (κ3) is 4.26. The molecule has 0 saturated carbocycles. The maximum Gasteiger partial charge on any atom is 0.0337 e. The molecule has 1 nitrogen and oxygen atoms in total. The van der Waals surface area contributed by atoms with Crippen molar-refractivity contribution in [3.63, 3.8) is 0 Å². The molecule has 1 aromatic rings. The fraction of sp³-hybridized carbons (Fsp3) is 0.231. The zero-order valence-electron chi connectivity index (χ0n) is 9.45. The van der Waals surface area contributed by atoms with E-state index < -0.39 is 0 Å².